The summed E-state index contributed by atoms with van der Waals surface area (Å²) in [5, 5.41) is 10.3. The Morgan fingerprint density at radius 3 is 2.96 bits per heavy atom. The maximum atomic E-state index is 12.7. The van der Waals surface area contributed by atoms with E-state index in [1.165, 1.54) is 0 Å². The predicted octanol–water partition coefficient (Wildman–Crippen LogP) is 2.88. The lowest BCUT2D eigenvalue weighted by Crippen LogP contribution is -2.24. The van der Waals surface area contributed by atoms with Gasteiger partial charge in [-0.1, -0.05) is 38.5 Å². The van der Waals surface area contributed by atoms with E-state index in [0.29, 0.717) is 18.7 Å². The molecule has 1 aromatic carbocycles. The summed E-state index contributed by atoms with van der Waals surface area (Å²) in [7, 11) is 0. The van der Waals surface area contributed by atoms with Crippen LogP contribution in [0.3, 0.4) is 0 Å². The Kier molecular flexibility index (Phi) is 4.39. The van der Waals surface area contributed by atoms with Crippen LogP contribution in [-0.4, -0.2) is 17.1 Å². The number of carbonyl (C=O) groups excluding carboxylic acids is 1. The third-order valence-electron chi connectivity index (χ3n) is 4.60. The van der Waals surface area contributed by atoms with Crippen LogP contribution in [0.4, 0.5) is 0 Å². The van der Waals surface area contributed by atoms with E-state index in [1.807, 2.05) is 31.2 Å². The molecule has 0 saturated carbocycles. The largest absolute Gasteiger partial charge is 0.465 e. The second kappa shape index (κ2) is 6.48. The van der Waals surface area contributed by atoms with E-state index in [2.05, 4.69) is 6.92 Å². The van der Waals surface area contributed by atoms with Crippen LogP contribution >= 0.6 is 0 Å². The summed E-state index contributed by atoms with van der Waals surface area (Å²) in [6.07, 6.45) is 1.70. The molecule has 24 heavy (non-hydrogen) atoms. The van der Waals surface area contributed by atoms with Gasteiger partial charge in [0.05, 0.1) is 18.5 Å². The molecule has 2 aromatic rings. The van der Waals surface area contributed by atoms with Gasteiger partial charge in [-0.3, -0.25) is 9.59 Å². The predicted molar refractivity (Wildman–Crippen MR) is 90.9 cm³/mol. The van der Waals surface area contributed by atoms with Gasteiger partial charge in [0.15, 0.2) is 0 Å². The summed E-state index contributed by atoms with van der Waals surface area (Å²) in [5.74, 6) is -0.171. The Bertz CT molecular complexity index is 905. The average molecular weight is 324 g/mol. The molecule has 2 heterocycles. The van der Waals surface area contributed by atoms with Gasteiger partial charge in [-0.05, 0) is 17.5 Å². The van der Waals surface area contributed by atoms with E-state index in [9.17, 15) is 14.9 Å². The summed E-state index contributed by atoms with van der Waals surface area (Å²) >= 11 is 0. The number of para-hydroxylation sites is 1. The molecule has 0 amide bonds. The third-order valence-corrected chi connectivity index (χ3v) is 4.60. The first-order chi connectivity index (χ1) is 11.6. The average Bonchev–Trinajstić information content (AvgIpc) is 2.91. The Labute approximate surface area is 140 Å². The number of nitriles is 1. The van der Waals surface area contributed by atoms with Crippen LogP contribution in [0, 0.1) is 11.3 Å². The number of hydrogen-bond donors (Lipinski definition) is 0. The fourth-order valence-electron chi connectivity index (χ4n) is 3.38. The van der Waals surface area contributed by atoms with Gasteiger partial charge in [0.2, 0.25) is 0 Å². The highest BCUT2D eigenvalue weighted by atomic mass is 16.5. The zero-order chi connectivity index (χ0) is 17.3. The second-order valence-electron chi connectivity index (χ2n) is 6.28. The van der Waals surface area contributed by atoms with E-state index in [1.54, 1.807) is 4.57 Å². The normalized spacial score (nSPS) is 15.5. The monoisotopic (exact) mass is 324 g/mol. The van der Waals surface area contributed by atoms with Gasteiger partial charge in [0.1, 0.15) is 11.6 Å². The highest BCUT2D eigenvalue weighted by Gasteiger charge is 2.27. The molecular weight excluding hydrogens is 304 g/mol. The van der Waals surface area contributed by atoms with Gasteiger partial charge < -0.3 is 9.30 Å². The smallest absolute Gasteiger partial charge is 0.310 e. The third kappa shape index (κ3) is 2.58. The van der Waals surface area contributed by atoms with Crippen LogP contribution in [-0.2, 0) is 22.5 Å². The molecule has 0 saturated heterocycles. The Morgan fingerprint density at radius 1 is 1.46 bits per heavy atom. The highest BCUT2D eigenvalue weighted by Crippen LogP contribution is 2.34. The molecule has 0 aliphatic carbocycles. The zero-order valence-electron chi connectivity index (χ0n) is 14.0. The van der Waals surface area contributed by atoms with Crippen molar-refractivity contribution in [2.45, 2.75) is 45.6 Å². The van der Waals surface area contributed by atoms with Crippen molar-refractivity contribution < 1.29 is 9.53 Å². The first-order valence-corrected chi connectivity index (χ1v) is 8.32. The lowest BCUT2D eigenvalue weighted by Gasteiger charge is -2.11. The maximum absolute atomic E-state index is 12.7. The number of esters is 1. The van der Waals surface area contributed by atoms with Crippen LogP contribution in [0.1, 0.15) is 49.3 Å². The summed E-state index contributed by atoms with van der Waals surface area (Å²) < 4.78 is 6.88. The summed E-state index contributed by atoms with van der Waals surface area (Å²) in [5.41, 5.74) is 2.19. The lowest BCUT2D eigenvalue weighted by atomic mass is 9.97. The van der Waals surface area contributed by atoms with Gasteiger partial charge in [0, 0.05) is 17.8 Å². The molecule has 124 valence electrons. The minimum absolute atomic E-state index is 0.0446. The molecule has 0 radical (unpaired) electrons. The second-order valence-corrected chi connectivity index (χ2v) is 6.28. The van der Waals surface area contributed by atoms with Crippen molar-refractivity contribution >= 4 is 16.9 Å². The van der Waals surface area contributed by atoms with E-state index in [4.69, 9.17) is 4.74 Å². The standard InChI is InChI=1S/C19H20N2O3/c1-3-4-8-24-17(22)9-15-14-7-5-6-13-12(2)11-21(18(13)14)19(23)16(15)10-20/h5-7,12H,3-4,8-9,11H2,1-2H3. The summed E-state index contributed by atoms with van der Waals surface area (Å²) in [6.45, 7) is 5.03. The molecule has 1 aromatic heterocycles. The molecule has 0 spiro atoms. The lowest BCUT2D eigenvalue weighted by molar-refractivity contribution is -0.142. The fourth-order valence-corrected chi connectivity index (χ4v) is 3.38. The quantitative estimate of drug-likeness (QED) is 0.626. The molecule has 5 nitrogen and oxygen atoms in total. The molecule has 0 bridgehead atoms. The van der Waals surface area contributed by atoms with Gasteiger partial charge in [-0.2, -0.15) is 5.26 Å². The molecule has 0 N–H and O–H groups in total. The van der Waals surface area contributed by atoms with Gasteiger partial charge in [0.25, 0.3) is 5.56 Å². The van der Waals surface area contributed by atoms with Crippen molar-refractivity contribution in [1.82, 2.24) is 4.57 Å². The number of nitrogens with zero attached hydrogens (tertiary/aromatic N) is 2. The molecule has 1 aliphatic rings. The number of benzene rings is 1. The first kappa shape index (κ1) is 16.3. The SMILES string of the molecule is CCCCOC(=O)Cc1c(C#N)c(=O)n2c3c(cccc13)C(C)C2. The van der Waals surface area contributed by atoms with Crippen molar-refractivity contribution in [2.24, 2.45) is 0 Å². The van der Waals surface area contributed by atoms with Gasteiger partial charge in [-0.15, -0.1) is 0 Å². The molecular formula is C19H20N2O3. The van der Waals surface area contributed by atoms with Crippen LogP contribution in [0.2, 0.25) is 0 Å². The van der Waals surface area contributed by atoms with E-state index < -0.39 is 5.97 Å². The van der Waals surface area contributed by atoms with Crippen molar-refractivity contribution in [3.05, 3.63) is 45.2 Å². The first-order valence-electron chi connectivity index (χ1n) is 8.32. The van der Waals surface area contributed by atoms with E-state index >= 15 is 0 Å². The number of aromatic nitrogens is 1. The summed E-state index contributed by atoms with van der Waals surface area (Å²) in [4.78, 5) is 24.8. The van der Waals surface area contributed by atoms with Crippen molar-refractivity contribution in [3.8, 4) is 6.07 Å². The number of unbranched alkanes of at least 4 members (excludes halogenated alkanes) is 1. The number of carbonyl (C=O) groups is 1. The Balaban J connectivity index is 2.11. The molecule has 0 fully saturated rings. The number of hydrogen-bond acceptors (Lipinski definition) is 4. The number of ether oxygens (including phenoxy) is 1. The molecule has 1 unspecified atom stereocenters. The molecule has 3 rings (SSSR count). The van der Waals surface area contributed by atoms with Crippen LogP contribution in [0.25, 0.3) is 10.9 Å². The van der Waals surface area contributed by atoms with Crippen molar-refractivity contribution in [1.29, 1.82) is 5.26 Å². The number of pyridine rings is 1. The highest BCUT2D eigenvalue weighted by molar-refractivity contribution is 5.91. The Morgan fingerprint density at radius 2 is 2.25 bits per heavy atom. The van der Waals surface area contributed by atoms with Crippen molar-refractivity contribution in [2.75, 3.05) is 6.61 Å². The molecule has 1 aliphatic heterocycles. The van der Waals surface area contributed by atoms with Gasteiger partial charge in [-0.25, -0.2) is 0 Å². The minimum atomic E-state index is -0.393. The van der Waals surface area contributed by atoms with E-state index in [-0.39, 0.29) is 23.5 Å². The topological polar surface area (TPSA) is 72.1 Å². The molecule has 1 atom stereocenters. The van der Waals surface area contributed by atoms with Crippen LogP contribution in [0.15, 0.2) is 23.0 Å². The van der Waals surface area contributed by atoms with Crippen molar-refractivity contribution in [3.63, 3.8) is 0 Å². The molecule has 5 heteroatoms. The number of rotatable bonds is 5. The Hall–Kier alpha value is -2.61. The fraction of sp³-hybridized carbons (Fsp3) is 0.421. The zero-order valence-corrected chi connectivity index (χ0v) is 14.0. The van der Waals surface area contributed by atoms with Crippen LogP contribution < -0.4 is 5.56 Å². The van der Waals surface area contributed by atoms with Gasteiger partial charge >= 0.3 is 5.97 Å². The van der Waals surface area contributed by atoms with Crippen LogP contribution in [0.5, 0.6) is 0 Å². The summed E-state index contributed by atoms with van der Waals surface area (Å²) in [6, 6.07) is 7.80. The van der Waals surface area contributed by atoms with E-state index in [0.717, 1.165) is 29.3 Å². The minimum Gasteiger partial charge on any atom is -0.465 e. The maximum Gasteiger partial charge on any atom is 0.310 e.